The molecule has 1 fully saturated rings. The molecular weight excluding hydrogens is 397 g/mol. The van der Waals surface area contributed by atoms with Crippen LogP contribution in [-0.4, -0.2) is 61.3 Å². The third kappa shape index (κ3) is 5.40. The van der Waals surface area contributed by atoms with E-state index in [4.69, 9.17) is 5.73 Å². The molecule has 2 aromatic rings. The van der Waals surface area contributed by atoms with Gasteiger partial charge in [0.2, 0.25) is 10.0 Å². The van der Waals surface area contributed by atoms with Crippen LogP contribution < -0.4 is 16.2 Å². The largest absolute Gasteiger partial charge is 0.349 e. The van der Waals surface area contributed by atoms with E-state index in [-0.39, 0.29) is 11.4 Å². The minimum atomic E-state index is -3.26. The van der Waals surface area contributed by atoms with E-state index in [0.29, 0.717) is 51.5 Å². The molecule has 1 saturated heterocycles. The van der Waals surface area contributed by atoms with E-state index in [1.165, 1.54) is 22.7 Å². The Bertz CT molecular complexity index is 999. The van der Waals surface area contributed by atoms with Gasteiger partial charge in [-0.15, -0.1) is 0 Å². The molecule has 10 heteroatoms. The zero-order valence-corrected chi connectivity index (χ0v) is 17.2. The van der Waals surface area contributed by atoms with E-state index in [1.54, 1.807) is 22.9 Å². The molecule has 0 aliphatic carbocycles. The summed E-state index contributed by atoms with van der Waals surface area (Å²) in [6, 6.07) is 6.02. The first-order valence-electron chi connectivity index (χ1n) is 9.53. The number of benzene rings is 1. The fourth-order valence-electron chi connectivity index (χ4n) is 3.32. The molecule has 3 rings (SSSR count). The number of aryl methyl sites for hydroxylation is 1. The number of anilines is 1. The lowest BCUT2D eigenvalue weighted by atomic mass is 10.2. The third-order valence-corrected chi connectivity index (χ3v) is 6.22. The molecule has 29 heavy (non-hydrogen) atoms. The molecule has 0 radical (unpaired) electrons. The van der Waals surface area contributed by atoms with Crippen molar-refractivity contribution < 1.29 is 12.8 Å². The summed E-state index contributed by atoms with van der Waals surface area (Å²) in [6.07, 6.45) is 4.28. The van der Waals surface area contributed by atoms with Crippen molar-refractivity contribution in [1.82, 2.24) is 13.9 Å². The van der Waals surface area contributed by atoms with Gasteiger partial charge >= 0.3 is 0 Å². The molecule has 0 unspecified atom stereocenters. The lowest BCUT2D eigenvalue weighted by Crippen LogP contribution is -2.50. The number of nitrogens with zero attached hydrogens (tertiary/aromatic N) is 4. The van der Waals surface area contributed by atoms with Crippen molar-refractivity contribution in [2.24, 2.45) is 5.73 Å². The molecular formula is C19H26FN5O3S. The third-order valence-electron chi connectivity index (χ3n) is 4.92. The van der Waals surface area contributed by atoms with Crippen LogP contribution in [0.4, 0.5) is 10.2 Å². The van der Waals surface area contributed by atoms with Gasteiger partial charge < -0.3 is 15.2 Å². The van der Waals surface area contributed by atoms with Gasteiger partial charge in [-0.05, 0) is 37.1 Å². The van der Waals surface area contributed by atoms with Gasteiger partial charge in [-0.3, -0.25) is 4.79 Å². The van der Waals surface area contributed by atoms with E-state index in [9.17, 15) is 17.6 Å². The quantitative estimate of drug-likeness (QED) is 0.692. The van der Waals surface area contributed by atoms with Crippen LogP contribution in [0.1, 0.15) is 17.7 Å². The first-order valence-corrected chi connectivity index (χ1v) is 11.4. The van der Waals surface area contributed by atoms with Gasteiger partial charge in [0.15, 0.2) is 5.82 Å². The van der Waals surface area contributed by atoms with E-state index in [2.05, 4.69) is 4.98 Å². The van der Waals surface area contributed by atoms with Gasteiger partial charge in [0, 0.05) is 32.4 Å². The van der Waals surface area contributed by atoms with E-state index >= 15 is 0 Å². The summed E-state index contributed by atoms with van der Waals surface area (Å²) in [6.45, 7) is 2.23. The molecule has 0 amide bonds. The fraction of sp³-hybridized carbons (Fsp3) is 0.474. The molecule has 158 valence electrons. The maximum Gasteiger partial charge on any atom is 0.293 e. The molecule has 0 atom stereocenters. The summed E-state index contributed by atoms with van der Waals surface area (Å²) in [7, 11) is -3.26. The number of piperazine rings is 1. The maximum absolute atomic E-state index is 13.2. The summed E-state index contributed by atoms with van der Waals surface area (Å²) in [5, 5.41) is 0. The molecule has 1 aromatic carbocycles. The predicted octanol–water partition coefficient (Wildman–Crippen LogP) is 0.404. The Hall–Kier alpha value is -2.30. The smallest absolute Gasteiger partial charge is 0.293 e. The van der Waals surface area contributed by atoms with Crippen LogP contribution in [0, 0.1) is 5.82 Å². The molecule has 2 heterocycles. The van der Waals surface area contributed by atoms with Crippen LogP contribution in [0.5, 0.6) is 0 Å². The Morgan fingerprint density at radius 1 is 1.14 bits per heavy atom. The van der Waals surface area contributed by atoms with Gasteiger partial charge in [-0.1, -0.05) is 12.1 Å². The standard InChI is InChI=1S/C19H26FN5O3S/c1-29(27,28)25-11-9-23(10-12-25)18-19(26)24(14-17(22-18)3-2-8-21)13-15-4-6-16(20)7-5-15/h4-7,14H,2-3,8-13,21H2,1H3. The van der Waals surface area contributed by atoms with Crippen LogP contribution in [0.2, 0.25) is 0 Å². The number of rotatable bonds is 7. The van der Waals surface area contributed by atoms with Crippen LogP contribution in [-0.2, 0) is 23.0 Å². The summed E-state index contributed by atoms with van der Waals surface area (Å²) < 4.78 is 39.6. The molecule has 1 aromatic heterocycles. The number of hydrogen-bond acceptors (Lipinski definition) is 6. The van der Waals surface area contributed by atoms with Crippen LogP contribution in [0.3, 0.4) is 0 Å². The molecule has 2 N–H and O–H groups in total. The van der Waals surface area contributed by atoms with Crippen molar-refractivity contribution in [2.75, 3.05) is 43.9 Å². The molecule has 0 saturated carbocycles. The average Bonchev–Trinajstić information content (AvgIpc) is 2.69. The lowest BCUT2D eigenvalue weighted by Gasteiger charge is -2.33. The summed E-state index contributed by atoms with van der Waals surface area (Å²) in [5.74, 6) is -0.0151. The second-order valence-corrected chi connectivity index (χ2v) is 9.14. The Balaban J connectivity index is 1.89. The topological polar surface area (TPSA) is 102 Å². The predicted molar refractivity (Wildman–Crippen MR) is 110 cm³/mol. The average molecular weight is 424 g/mol. The van der Waals surface area contributed by atoms with E-state index in [1.807, 2.05) is 4.90 Å². The zero-order valence-electron chi connectivity index (χ0n) is 16.4. The lowest BCUT2D eigenvalue weighted by molar-refractivity contribution is 0.386. The van der Waals surface area contributed by atoms with Crippen molar-refractivity contribution in [2.45, 2.75) is 19.4 Å². The molecule has 0 spiro atoms. The Morgan fingerprint density at radius 3 is 2.38 bits per heavy atom. The van der Waals surface area contributed by atoms with Gasteiger partial charge in [-0.25, -0.2) is 17.8 Å². The number of hydrogen-bond donors (Lipinski definition) is 1. The van der Waals surface area contributed by atoms with Crippen molar-refractivity contribution in [3.63, 3.8) is 0 Å². The normalized spacial score (nSPS) is 15.6. The SMILES string of the molecule is CS(=O)(=O)N1CCN(c2nc(CCCN)cn(Cc3ccc(F)cc3)c2=O)CC1. The van der Waals surface area contributed by atoms with Crippen LogP contribution >= 0.6 is 0 Å². The van der Waals surface area contributed by atoms with Crippen LogP contribution in [0.15, 0.2) is 35.3 Å². The highest BCUT2D eigenvalue weighted by atomic mass is 32.2. The molecule has 8 nitrogen and oxygen atoms in total. The number of nitrogens with two attached hydrogens (primary N) is 1. The van der Waals surface area contributed by atoms with Gasteiger partial charge in [0.25, 0.3) is 5.56 Å². The minimum Gasteiger partial charge on any atom is -0.349 e. The highest BCUT2D eigenvalue weighted by molar-refractivity contribution is 7.88. The second-order valence-electron chi connectivity index (χ2n) is 7.16. The number of sulfonamides is 1. The highest BCUT2D eigenvalue weighted by Gasteiger charge is 2.26. The molecule has 0 bridgehead atoms. The van der Waals surface area contributed by atoms with Gasteiger partial charge in [0.05, 0.1) is 18.5 Å². The molecule has 1 aliphatic heterocycles. The van der Waals surface area contributed by atoms with Gasteiger partial charge in [0.1, 0.15) is 5.82 Å². The maximum atomic E-state index is 13.2. The highest BCUT2D eigenvalue weighted by Crippen LogP contribution is 2.14. The number of aromatic nitrogens is 2. The van der Waals surface area contributed by atoms with Crippen molar-refractivity contribution in [3.8, 4) is 0 Å². The zero-order chi connectivity index (χ0) is 21.0. The Kier molecular flexibility index (Phi) is 6.66. The van der Waals surface area contributed by atoms with Crippen molar-refractivity contribution in [1.29, 1.82) is 0 Å². The van der Waals surface area contributed by atoms with Crippen molar-refractivity contribution in [3.05, 3.63) is 57.9 Å². The summed E-state index contributed by atoms with van der Waals surface area (Å²) in [4.78, 5) is 19.4. The van der Waals surface area contributed by atoms with E-state index < -0.39 is 10.0 Å². The Labute approximate surface area is 169 Å². The monoisotopic (exact) mass is 423 g/mol. The number of halogens is 1. The second kappa shape index (κ2) is 9.02. The van der Waals surface area contributed by atoms with Gasteiger partial charge in [-0.2, -0.15) is 4.31 Å². The summed E-state index contributed by atoms with van der Waals surface area (Å²) >= 11 is 0. The summed E-state index contributed by atoms with van der Waals surface area (Å²) in [5.41, 5.74) is 6.91. The fourth-order valence-corrected chi connectivity index (χ4v) is 4.15. The first kappa shape index (κ1) is 21.4. The van der Waals surface area contributed by atoms with Crippen molar-refractivity contribution >= 4 is 15.8 Å². The van der Waals surface area contributed by atoms with Crippen LogP contribution in [0.25, 0.3) is 0 Å². The van der Waals surface area contributed by atoms with E-state index in [0.717, 1.165) is 17.7 Å². The molecule has 1 aliphatic rings. The minimum absolute atomic E-state index is 0.251. The Morgan fingerprint density at radius 2 is 1.79 bits per heavy atom. The first-order chi connectivity index (χ1) is 13.8.